The van der Waals surface area contributed by atoms with Crippen molar-refractivity contribution in [3.63, 3.8) is 0 Å². The van der Waals surface area contributed by atoms with Gasteiger partial charge in [0.2, 0.25) is 0 Å². The number of carbonyl (C=O) groups excluding carboxylic acids is 1. The maximum absolute atomic E-state index is 12.4. The fourth-order valence-electron chi connectivity index (χ4n) is 9.35. The number of ether oxygens (including phenoxy) is 1. The number of fused-ring (bicyclic) bond motifs is 5. The van der Waals surface area contributed by atoms with Crippen LogP contribution in [0.2, 0.25) is 0 Å². The van der Waals surface area contributed by atoms with Crippen molar-refractivity contribution >= 4 is 5.97 Å². The minimum Gasteiger partial charge on any atom is -0.460 e. The van der Waals surface area contributed by atoms with Crippen molar-refractivity contribution in [3.8, 4) is 0 Å². The van der Waals surface area contributed by atoms with Crippen LogP contribution in [0.3, 0.4) is 0 Å². The van der Waals surface area contributed by atoms with Crippen molar-refractivity contribution in [2.24, 2.45) is 56.7 Å². The van der Waals surface area contributed by atoms with E-state index < -0.39 is 5.60 Å². The number of hydrogen-bond donors (Lipinski definition) is 0. The third-order valence-electron chi connectivity index (χ3n) is 11.0. The van der Waals surface area contributed by atoms with Gasteiger partial charge >= 0.3 is 5.97 Å². The predicted molar refractivity (Wildman–Crippen MR) is 134 cm³/mol. The summed E-state index contributed by atoms with van der Waals surface area (Å²) in [5.74, 6) is 2.91. The summed E-state index contributed by atoms with van der Waals surface area (Å²) in [5, 5.41) is 7.22. The van der Waals surface area contributed by atoms with Crippen molar-refractivity contribution in [3.05, 3.63) is 9.81 Å². The van der Waals surface area contributed by atoms with Crippen molar-refractivity contribution in [1.29, 1.82) is 0 Å². The van der Waals surface area contributed by atoms with Gasteiger partial charge in [-0.3, -0.25) is 4.79 Å². The summed E-state index contributed by atoms with van der Waals surface area (Å²) in [5.41, 5.74) is -0.332. The lowest BCUT2D eigenvalue weighted by Gasteiger charge is -2.62. The molecular weight excluding hydrogens is 428 g/mol. The Morgan fingerprint density at radius 3 is 2.38 bits per heavy atom. The Morgan fingerprint density at radius 2 is 1.74 bits per heavy atom. The highest BCUT2D eigenvalue weighted by Gasteiger charge is 2.64. The molecule has 34 heavy (non-hydrogen) atoms. The highest BCUT2D eigenvalue weighted by Crippen LogP contribution is 2.69. The topological polar surface area (TPSA) is 85.2 Å². The first-order valence-electron chi connectivity index (χ1n) is 13.8. The van der Waals surface area contributed by atoms with Crippen molar-refractivity contribution < 1.29 is 9.53 Å². The van der Waals surface area contributed by atoms with Gasteiger partial charge < -0.3 is 4.74 Å². The van der Waals surface area contributed by atoms with Gasteiger partial charge in [-0.05, 0) is 125 Å². The molecule has 0 aromatic heterocycles. The van der Waals surface area contributed by atoms with Gasteiger partial charge in [-0.25, -0.2) is 0 Å². The first-order valence-corrected chi connectivity index (χ1v) is 13.8. The van der Waals surface area contributed by atoms with Crippen LogP contribution in [0.4, 0.5) is 0 Å². The monoisotopic (exact) mass is 474 g/mol. The maximum atomic E-state index is 12.4. The molecule has 0 N–H and O–H groups in total. The molecule has 10 atom stereocenters. The SMILES string of the molecule is CC(CCC(=O)OC(C)(C)C)C1CCC2C3CCC4CC(N=O)CCC4(C)C3CC(N=O)C12C. The number of hydrogen-bond acceptors (Lipinski definition) is 6. The summed E-state index contributed by atoms with van der Waals surface area (Å²) in [7, 11) is 0. The summed E-state index contributed by atoms with van der Waals surface area (Å²) in [4.78, 5) is 35.9. The quantitative estimate of drug-likeness (QED) is 0.299. The Bertz CT molecular complexity index is 794. The third-order valence-corrected chi connectivity index (χ3v) is 11.0. The number of nitrogens with zero attached hydrogens (tertiary/aromatic N) is 2. The minimum atomic E-state index is -0.453. The largest absolute Gasteiger partial charge is 0.460 e. The lowest BCUT2D eigenvalue weighted by Crippen LogP contribution is -2.58. The number of nitroso groups, excluding NO2 is 2. The molecule has 6 heteroatoms. The smallest absolute Gasteiger partial charge is 0.306 e. The molecule has 4 aliphatic rings. The zero-order chi connectivity index (χ0) is 24.9. The van der Waals surface area contributed by atoms with Crippen LogP contribution in [0, 0.1) is 56.2 Å². The van der Waals surface area contributed by atoms with Gasteiger partial charge in [-0.2, -0.15) is 9.81 Å². The molecule has 4 aliphatic carbocycles. The van der Waals surface area contributed by atoms with Crippen molar-refractivity contribution in [2.75, 3.05) is 0 Å². The van der Waals surface area contributed by atoms with Crippen LogP contribution < -0.4 is 0 Å². The average molecular weight is 475 g/mol. The van der Waals surface area contributed by atoms with Gasteiger partial charge in [-0.1, -0.05) is 31.1 Å². The van der Waals surface area contributed by atoms with Gasteiger partial charge in [0.25, 0.3) is 0 Å². The molecule has 0 saturated heterocycles. The van der Waals surface area contributed by atoms with Crippen LogP contribution in [-0.2, 0) is 9.53 Å². The van der Waals surface area contributed by atoms with E-state index in [0.717, 1.165) is 38.5 Å². The summed E-state index contributed by atoms with van der Waals surface area (Å²) in [6, 6.07) is -0.183. The number of esters is 1. The fourth-order valence-corrected chi connectivity index (χ4v) is 9.35. The summed E-state index contributed by atoms with van der Waals surface area (Å²) in [6.45, 7) is 12.8. The van der Waals surface area contributed by atoms with E-state index >= 15 is 0 Å². The molecule has 0 aromatic rings. The molecular formula is C28H46N2O4. The first kappa shape index (κ1) is 25.8. The molecule has 0 radical (unpaired) electrons. The van der Waals surface area contributed by atoms with E-state index in [2.05, 4.69) is 31.1 Å². The molecule has 0 aliphatic heterocycles. The Morgan fingerprint density at radius 1 is 1.00 bits per heavy atom. The van der Waals surface area contributed by atoms with Gasteiger partial charge in [-0.15, -0.1) is 0 Å². The molecule has 192 valence electrons. The van der Waals surface area contributed by atoms with E-state index in [-0.39, 0.29) is 28.9 Å². The van der Waals surface area contributed by atoms with Crippen LogP contribution in [-0.4, -0.2) is 23.7 Å². The van der Waals surface area contributed by atoms with Gasteiger partial charge in [0.05, 0.1) is 12.1 Å². The van der Waals surface area contributed by atoms with Gasteiger partial charge in [0, 0.05) is 6.42 Å². The summed E-state index contributed by atoms with van der Waals surface area (Å²) in [6.07, 6.45) is 9.71. The highest BCUT2D eigenvalue weighted by molar-refractivity contribution is 5.69. The standard InChI is InChI=1S/C28H46N2O4/c1-17(7-12-25(31)34-26(2,3)4)21-10-11-22-20-9-8-18-15-19(29-32)13-14-27(18,5)23(20)16-24(30-33)28(21,22)6/h17-24H,7-16H2,1-6H3. The second kappa shape index (κ2) is 9.28. The molecule has 0 bridgehead atoms. The lowest BCUT2D eigenvalue weighted by molar-refractivity contribution is -0.155. The van der Waals surface area contributed by atoms with Crippen LogP contribution in [0.1, 0.15) is 106 Å². The Labute approximate surface area is 205 Å². The molecule has 0 amide bonds. The Hall–Kier alpha value is -1.33. The van der Waals surface area contributed by atoms with Crippen LogP contribution >= 0.6 is 0 Å². The molecule has 0 heterocycles. The number of rotatable bonds is 6. The second-order valence-corrected chi connectivity index (χ2v) is 13.7. The average Bonchev–Trinajstić information content (AvgIpc) is 3.13. The van der Waals surface area contributed by atoms with Crippen molar-refractivity contribution in [1.82, 2.24) is 0 Å². The van der Waals surface area contributed by atoms with E-state index in [1.54, 1.807) is 0 Å². The maximum Gasteiger partial charge on any atom is 0.306 e. The van der Waals surface area contributed by atoms with Crippen LogP contribution in [0.15, 0.2) is 10.4 Å². The molecule has 4 fully saturated rings. The van der Waals surface area contributed by atoms with E-state index in [1.807, 2.05) is 20.8 Å². The Balaban J connectivity index is 1.50. The second-order valence-electron chi connectivity index (χ2n) is 13.7. The van der Waals surface area contributed by atoms with Crippen LogP contribution in [0.5, 0.6) is 0 Å². The summed E-state index contributed by atoms with van der Waals surface area (Å²) >= 11 is 0. The highest BCUT2D eigenvalue weighted by atomic mass is 16.6. The molecule has 10 unspecified atom stereocenters. The lowest BCUT2D eigenvalue weighted by atomic mass is 9.43. The molecule has 4 rings (SSSR count). The zero-order valence-electron chi connectivity index (χ0n) is 22.2. The van der Waals surface area contributed by atoms with Gasteiger partial charge in [0.15, 0.2) is 0 Å². The van der Waals surface area contributed by atoms with E-state index in [9.17, 15) is 14.6 Å². The van der Waals surface area contributed by atoms with E-state index in [0.29, 0.717) is 41.9 Å². The molecule has 0 spiro atoms. The molecule has 4 saturated carbocycles. The van der Waals surface area contributed by atoms with E-state index in [1.165, 1.54) is 19.3 Å². The number of carbonyl (C=O) groups is 1. The zero-order valence-corrected chi connectivity index (χ0v) is 22.2. The predicted octanol–water partition coefficient (Wildman–Crippen LogP) is 7.28. The fraction of sp³-hybridized carbons (Fsp3) is 0.964. The minimum absolute atomic E-state index is 0.0230. The Kier molecular flexibility index (Phi) is 7.03. The van der Waals surface area contributed by atoms with Crippen molar-refractivity contribution in [2.45, 2.75) is 123 Å². The normalized spacial score (nSPS) is 44.8. The third kappa shape index (κ3) is 4.36. The first-order chi connectivity index (χ1) is 15.9. The summed E-state index contributed by atoms with van der Waals surface area (Å²) < 4.78 is 5.54. The molecule has 6 nitrogen and oxygen atoms in total. The molecule has 0 aromatic carbocycles. The van der Waals surface area contributed by atoms with E-state index in [4.69, 9.17) is 4.74 Å². The van der Waals surface area contributed by atoms with Gasteiger partial charge in [0.1, 0.15) is 5.60 Å². The van der Waals surface area contributed by atoms with Crippen LogP contribution in [0.25, 0.3) is 0 Å².